The van der Waals surface area contributed by atoms with Gasteiger partial charge in [0.2, 0.25) is 0 Å². The first-order valence-corrected chi connectivity index (χ1v) is 6.63. The van der Waals surface area contributed by atoms with Crippen LogP contribution in [0.1, 0.15) is 41.0 Å². The average Bonchev–Trinajstić information content (AvgIpc) is 2.74. The number of benzene rings is 1. The number of hydrogen-bond donors (Lipinski definition) is 2. The molecule has 4 heteroatoms. The summed E-state index contributed by atoms with van der Waals surface area (Å²) in [4.78, 5) is 0. The molecule has 0 fully saturated rings. The minimum atomic E-state index is -0.0293. The van der Waals surface area contributed by atoms with Crippen molar-refractivity contribution in [2.75, 3.05) is 0 Å². The van der Waals surface area contributed by atoms with Crippen LogP contribution in [0.25, 0.3) is 0 Å². The third kappa shape index (κ3) is 2.69. The molecule has 0 spiro atoms. The van der Waals surface area contributed by atoms with Crippen molar-refractivity contribution < 1.29 is 0 Å². The molecule has 1 aromatic carbocycles. The van der Waals surface area contributed by atoms with Gasteiger partial charge in [0.15, 0.2) is 0 Å². The van der Waals surface area contributed by atoms with E-state index in [-0.39, 0.29) is 6.04 Å². The van der Waals surface area contributed by atoms with Gasteiger partial charge >= 0.3 is 0 Å². The molecule has 0 aliphatic carbocycles. The van der Waals surface area contributed by atoms with Gasteiger partial charge in [0.1, 0.15) is 0 Å². The second-order valence-corrected chi connectivity index (χ2v) is 5.00. The maximum absolute atomic E-state index is 5.77. The number of rotatable bonds is 4. The first kappa shape index (κ1) is 13.8. The largest absolute Gasteiger partial charge is 0.271 e. The molecule has 0 saturated heterocycles. The zero-order chi connectivity index (χ0) is 14.0. The Kier molecular flexibility index (Phi) is 4.02. The zero-order valence-corrected chi connectivity index (χ0v) is 12.1. The number of nitrogens with one attached hydrogen (secondary N) is 1. The fourth-order valence-electron chi connectivity index (χ4n) is 2.47. The molecule has 0 radical (unpaired) electrons. The van der Waals surface area contributed by atoms with E-state index < -0.39 is 0 Å². The minimum Gasteiger partial charge on any atom is -0.271 e. The summed E-state index contributed by atoms with van der Waals surface area (Å²) < 4.78 is 1.91. The Labute approximate surface area is 114 Å². The van der Waals surface area contributed by atoms with E-state index in [1.54, 1.807) is 0 Å². The van der Waals surface area contributed by atoms with Crippen molar-refractivity contribution in [3.8, 4) is 0 Å². The van der Waals surface area contributed by atoms with E-state index in [9.17, 15) is 0 Å². The summed E-state index contributed by atoms with van der Waals surface area (Å²) in [5, 5.41) is 4.49. The lowest BCUT2D eigenvalue weighted by Crippen LogP contribution is -2.30. The highest BCUT2D eigenvalue weighted by Crippen LogP contribution is 2.25. The topological polar surface area (TPSA) is 55.9 Å². The number of nitrogens with zero attached hydrogens (tertiary/aromatic N) is 2. The van der Waals surface area contributed by atoms with Gasteiger partial charge in [-0.25, -0.2) is 5.43 Å². The van der Waals surface area contributed by atoms with Crippen LogP contribution in [0, 0.1) is 13.8 Å². The smallest absolute Gasteiger partial charge is 0.0880 e. The maximum atomic E-state index is 5.77. The van der Waals surface area contributed by atoms with E-state index >= 15 is 0 Å². The van der Waals surface area contributed by atoms with Crippen LogP contribution >= 0.6 is 0 Å². The molecule has 1 aromatic heterocycles. The van der Waals surface area contributed by atoms with E-state index in [0.717, 1.165) is 17.8 Å². The Morgan fingerprint density at radius 2 is 2.05 bits per heavy atom. The van der Waals surface area contributed by atoms with Crippen molar-refractivity contribution in [3.63, 3.8) is 0 Å². The van der Waals surface area contributed by atoms with Gasteiger partial charge in [-0.05, 0) is 37.5 Å². The molecule has 0 amide bonds. The van der Waals surface area contributed by atoms with Gasteiger partial charge < -0.3 is 0 Å². The first-order chi connectivity index (χ1) is 9.06. The van der Waals surface area contributed by atoms with Gasteiger partial charge in [0.05, 0.1) is 17.4 Å². The van der Waals surface area contributed by atoms with Crippen LogP contribution < -0.4 is 11.3 Å². The monoisotopic (exact) mass is 258 g/mol. The quantitative estimate of drug-likeness (QED) is 0.652. The Morgan fingerprint density at radius 1 is 1.32 bits per heavy atom. The van der Waals surface area contributed by atoms with Gasteiger partial charge in [0, 0.05) is 7.05 Å². The van der Waals surface area contributed by atoms with Crippen LogP contribution in [0.5, 0.6) is 0 Å². The summed E-state index contributed by atoms with van der Waals surface area (Å²) in [5.74, 6) is 5.77. The molecule has 1 heterocycles. The highest BCUT2D eigenvalue weighted by atomic mass is 15.3. The van der Waals surface area contributed by atoms with Crippen molar-refractivity contribution in [3.05, 3.63) is 52.3 Å². The molecule has 19 heavy (non-hydrogen) atoms. The van der Waals surface area contributed by atoms with Gasteiger partial charge in [0.25, 0.3) is 0 Å². The molecule has 0 saturated carbocycles. The summed E-state index contributed by atoms with van der Waals surface area (Å²) in [6.07, 6.45) is 0.929. The SMILES string of the molecule is CCc1cc(C(NN)c2ccc(C)cc2C)n(C)n1. The molecule has 0 aliphatic heterocycles. The maximum Gasteiger partial charge on any atom is 0.0880 e. The van der Waals surface area contributed by atoms with E-state index in [2.05, 4.69) is 55.6 Å². The minimum absolute atomic E-state index is 0.0293. The number of aromatic nitrogens is 2. The van der Waals surface area contributed by atoms with E-state index in [4.69, 9.17) is 5.84 Å². The van der Waals surface area contributed by atoms with Crippen molar-refractivity contribution in [1.82, 2.24) is 15.2 Å². The predicted octanol–water partition coefficient (Wildman–Crippen LogP) is 2.15. The Bertz CT molecular complexity index is 572. The Morgan fingerprint density at radius 3 is 2.58 bits per heavy atom. The van der Waals surface area contributed by atoms with Crippen LogP contribution in [-0.2, 0) is 13.5 Å². The fourth-order valence-corrected chi connectivity index (χ4v) is 2.47. The molecular formula is C15H22N4. The molecule has 2 rings (SSSR count). The van der Waals surface area contributed by atoms with Crippen molar-refractivity contribution in [1.29, 1.82) is 0 Å². The Balaban J connectivity index is 2.46. The highest BCUT2D eigenvalue weighted by Gasteiger charge is 2.19. The van der Waals surface area contributed by atoms with Crippen LogP contribution in [0.3, 0.4) is 0 Å². The number of aryl methyl sites for hydroxylation is 4. The summed E-state index contributed by atoms with van der Waals surface area (Å²) in [6, 6.07) is 8.51. The van der Waals surface area contributed by atoms with Gasteiger partial charge in [-0.15, -0.1) is 0 Å². The average molecular weight is 258 g/mol. The third-order valence-corrected chi connectivity index (χ3v) is 3.53. The fraction of sp³-hybridized carbons (Fsp3) is 0.400. The van der Waals surface area contributed by atoms with Crippen molar-refractivity contribution in [2.45, 2.75) is 33.2 Å². The van der Waals surface area contributed by atoms with Crippen molar-refractivity contribution in [2.24, 2.45) is 12.9 Å². The van der Waals surface area contributed by atoms with E-state index in [0.29, 0.717) is 0 Å². The van der Waals surface area contributed by atoms with Crippen molar-refractivity contribution >= 4 is 0 Å². The predicted molar refractivity (Wildman–Crippen MR) is 77.7 cm³/mol. The number of nitrogens with two attached hydrogens (primary N) is 1. The number of hydrogen-bond acceptors (Lipinski definition) is 3. The molecular weight excluding hydrogens is 236 g/mol. The molecule has 1 atom stereocenters. The lowest BCUT2D eigenvalue weighted by Gasteiger charge is -2.19. The van der Waals surface area contributed by atoms with Gasteiger partial charge in [-0.1, -0.05) is 30.7 Å². The molecule has 102 valence electrons. The van der Waals surface area contributed by atoms with Crippen LogP contribution in [0.4, 0.5) is 0 Å². The standard InChI is InChI=1S/C15H22N4/c1-5-12-9-14(19(4)18-12)15(17-16)13-7-6-10(2)8-11(13)3/h6-9,15,17H,5,16H2,1-4H3. The summed E-state index contributed by atoms with van der Waals surface area (Å²) in [6.45, 7) is 6.32. The molecule has 2 aromatic rings. The first-order valence-electron chi connectivity index (χ1n) is 6.63. The highest BCUT2D eigenvalue weighted by molar-refractivity contribution is 5.37. The summed E-state index contributed by atoms with van der Waals surface area (Å²) >= 11 is 0. The number of hydrazine groups is 1. The lowest BCUT2D eigenvalue weighted by atomic mass is 9.97. The summed E-state index contributed by atoms with van der Waals surface area (Å²) in [7, 11) is 1.96. The Hall–Kier alpha value is -1.65. The molecule has 3 N–H and O–H groups in total. The second kappa shape index (κ2) is 5.55. The molecule has 0 aliphatic rings. The van der Waals surface area contributed by atoms with Gasteiger partial charge in [-0.3, -0.25) is 10.5 Å². The van der Waals surface area contributed by atoms with E-state index in [1.165, 1.54) is 16.7 Å². The molecule has 0 bridgehead atoms. The van der Waals surface area contributed by atoms with Crippen LogP contribution in [-0.4, -0.2) is 9.78 Å². The summed E-state index contributed by atoms with van der Waals surface area (Å²) in [5.41, 5.74) is 8.78. The van der Waals surface area contributed by atoms with E-state index in [1.807, 2.05) is 11.7 Å². The second-order valence-electron chi connectivity index (χ2n) is 5.00. The normalized spacial score (nSPS) is 12.7. The van der Waals surface area contributed by atoms with Crippen LogP contribution in [0.2, 0.25) is 0 Å². The molecule has 1 unspecified atom stereocenters. The van der Waals surface area contributed by atoms with Gasteiger partial charge in [-0.2, -0.15) is 5.10 Å². The van der Waals surface area contributed by atoms with Crippen LogP contribution in [0.15, 0.2) is 24.3 Å². The molecule has 4 nitrogen and oxygen atoms in total. The lowest BCUT2D eigenvalue weighted by molar-refractivity contribution is 0.571. The third-order valence-electron chi connectivity index (χ3n) is 3.53. The zero-order valence-electron chi connectivity index (χ0n) is 12.1.